The van der Waals surface area contributed by atoms with Crippen LogP contribution in [0.3, 0.4) is 0 Å². The first-order valence-electron chi connectivity index (χ1n) is 9.59. The molecule has 4 atom stereocenters. The van der Waals surface area contributed by atoms with Crippen molar-refractivity contribution in [3.8, 4) is 0 Å². The summed E-state index contributed by atoms with van der Waals surface area (Å²) in [6.45, 7) is -0.319. The van der Waals surface area contributed by atoms with Gasteiger partial charge in [0.1, 0.15) is 0 Å². The average molecular weight is 397 g/mol. The van der Waals surface area contributed by atoms with Crippen LogP contribution in [0.25, 0.3) is 0 Å². The number of carbonyl (C=O) groups is 3. The Labute approximate surface area is 168 Å². The van der Waals surface area contributed by atoms with Gasteiger partial charge in [-0.1, -0.05) is 41.9 Å². The average Bonchev–Trinajstić information content (AvgIpc) is 3.34. The maximum absolute atomic E-state index is 13.1. The van der Waals surface area contributed by atoms with Crippen molar-refractivity contribution >= 4 is 29.1 Å². The second-order valence-corrected chi connectivity index (χ2v) is 8.09. The van der Waals surface area contributed by atoms with E-state index in [1.54, 1.807) is 36.4 Å². The van der Waals surface area contributed by atoms with Gasteiger partial charge >= 0.3 is 5.97 Å². The number of fused-ring (bicyclic) bond motifs is 2. The molecule has 0 aromatic heterocycles. The number of hydrogen-bond acceptors (Lipinski definition) is 4. The molecule has 2 fully saturated rings. The molecular weight excluding hydrogens is 376 g/mol. The molecule has 144 valence electrons. The van der Waals surface area contributed by atoms with Crippen LogP contribution in [0.2, 0.25) is 5.02 Å². The lowest BCUT2D eigenvalue weighted by Crippen LogP contribution is -2.36. The number of carbonyl (C=O) groups excluding carboxylic acids is 3. The van der Waals surface area contributed by atoms with Gasteiger partial charge in [0.25, 0.3) is 0 Å². The summed E-state index contributed by atoms with van der Waals surface area (Å²) in [5, 5.41) is 0.540. The third kappa shape index (κ3) is 3.61. The van der Waals surface area contributed by atoms with Crippen LogP contribution in [0.1, 0.15) is 40.0 Å². The van der Waals surface area contributed by atoms with Crippen LogP contribution in [0.5, 0.6) is 0 Å². The van der Waals surface area contributed by atoms with E-state index < -0.39 is 11.9 Å². The van der Waals surface area contributed by atoms with Gasteiger partial charge in [-0.2, -0.15) is 0 Å². The molecule has 0 unspecified atom stereocenters. The quantitative estimate of drug-likeness (QED) is 0.528. The topological polar surface area (TPSA) is 60.4 Å². The highest BCUT2D eigenvalue weighted by molar-refractivity contribution is 6.30. The van der Waals surface area contributed by atoms with Crippen molar-refractivity contribution in [1.82, 2.24) is 0 Å². The van der Waals surface area contributed by atoms with E-state index in [2.05, 4.69) is 0 Å². The van der Waals surface area contributed by atoms with Crippen molar-refractivity contribution in [3.63, 3.8) is 0 Å². The molecule has 2 aromatic rings. The number of benzene rings is 2. The summed E-state index contributed by atoms with van der Waals surface area (Å²) in [6, 6.07) is 15.6. The van der Waals surface area contributed by atoms with Crippen LogP contribution in [0.4, 0.5) is 0 Å². The Kier molecular flexibility index (Phi) is 5.31. The Morgan fingerprint density at radius 2 is 1.50 bits per heavy atom. The van der Waals surface area contributed by atoms with E-state index in [1.165, 1.54) is 0 Å². The normalized spacial score (nSPS) is 25.5. The van der Waals surface area contributed by atoms with Crippen molar-refractivity contribution in [2.24, 2.45) is 23.7 Å². The molecule has 0 N–H and O–H groups in total. The lowest BCUT2D eigenvalue weighted by molar-refractivity contribution is -0.150. The van der Waals surface area contributed by atoms with Crippen LogP contribution in [0.15, 0.2) is 54.6 Å². The molecule has 0 heterocycles. The molecule has 0 radical (unpaired) electrons. The summed E-state index contributed by atoms with van der Waals surface area (Å²) in [4.78, 5) is 38.2. The molecule has 0 spiro atoms. The van der Waals surface area contributed by atoms with Gasteiger partial charge in [-0.25, -0.2) is 0 Å². The Morgan fingerprint density at radius 1 is 0.857 bits per heavy atom. The monoisotopic (exact) mass is 396 g/mol. The number of hydrogen-bond donors (Lipinski definition) is 0. The third-order valence-electron chi connectivity index (χ3n) is 6.06. The molecule has 28 heavy (non-hydrogen) atoms. The molecule has 2 aliphatic carbocycles. The first-order valence-corrected chi connectivity index (χ1v) is 9.97. The first-order chi connectivity index (χ1) is 13.5. The minimum Gasteiger partial charge on any atom is -0.457 e. The molecule has 5 heteroatoms. The predicted octanol–water partition coefficient (Wildman–Crippen LogP) is 4.61. The van der Waals surface area contributed by atoms with Gasteiger partial charge < -0.3 is 4.74 Å². The Hall–Kier alpha value is -2.46. The van der Waals surface area contributed by atoms with Crippen molar-refractivity contribution in [1.29, 1.82) is 0 Å². The zero-order chi connectivity index (χ0) is 19.7. The molecule has 0 aliphatic heterocycles. The zero-order valence-electron chi connectivity index (χ0n) is 15.3. The predicted molar refractivity (Wildman–Crippen MR) is 105 cm³/mol. The third-order valence-corrected chi connectivity index (χ3v) is 6.31. The number of esters is 1. The van der Waals surface area contributed by atoms with Crippen LogP contribution in [-0.4, -0.2) is 24.1 Å². The number of halogens is 1. The number of ether oxygens (including phenoxy) is 1. The lowest BCUT2D eigenvalue weighted by Gasteiger charge is -2.28. The van der Waals surface area contributed by atoms with E-state index >= 15 is 0 Å². The molecule has 4 rings (SSSR count). The number of rotatable bonds is 6. The number of ketones is 2. The van der Waals surface area contributed by atoms with Crippen molar-refractivity contribution in [2.45, 2.75) is 19.3 Å². The fraction of sp³-hybridized carbons (Fsp3) is 0.348. The Bertz CT molecular complexity index is 891. The summed E-state index contributed by atoms with van der Waals surface area (Å²) >= 11 is 5.83. The smallest absolute Gasteiger partial charge is 0.310 e. The summed E-state index contributed by atoms with van der Waals surface area (Å²) in [5.74, 6) is -1.10. The molecular formula is C23H21ClO4. The standard InChI is InChI=1S/C23H21ClO4/c24-18-10-8-14(9-11-18)19(25)13-28-23(27)21-17-7-6-16(12-17)20(21)22(26)15-4-2-1-3-5-15/h1-5,8-11,16-17,20-21H,6-7,12-13H2/t16-,17-,20+,21-/m0/s1. The van der Waals surface area contributed by atoms with Gasteiger partial charge in [-0.05, 0) is 55.4 Å². The van der Waals surface area contributed by atoms with E-state index in [-0.39, 0.29) is 35.9 Å². The molecule has 2 bridgehead atoms. The minimum absolute atomic E-state index is 0.0128. The van der Waals surface area contributed by atoms with E-state index in [1.807, 2.05) is 18.2 Å². The zero-order valence-corrected chi connectivity index (χ0v) is 16.1. The maximum Gasteiger partial charge on any atom is 0.310 e. The van der Waals surface area contributed by atoms with Gasteiger partial charge in [0, 0.05) is 22.1 Å². The van der Waals surface area contributed by atoms with Crippen molar-refractivity contribution in [2.75, 3.05) is 6.61 Å². The van der Waals surface area contributed by atoms with Crippen LogP contribution in [-0.2, 0) is 9.53 Å². The second-order valence-electron chi connectivity index (χ2n) is 7.65. The molecule has 2 saturated carbocycles. The highest BCUT2D eigenvalue weighted by Crippen LogP contribution is 2.53. The van der Waals surface area contributed by atoms with Crippen molar-refractivity contribution in [3.05, 3.63) is 70.7 Å². The maximum atomic E-state index is 13.1. The lowest BCUT2D eigenvalue weighted by atomic mass is 9.75. The molecule has 2 aliphatic rings. The minimum atomic E-state index is -0.454. The summed E-state index contributed by atoms with van der Waals surface area (Å²) < 4.78 is 5.37. The Balaban J connectivity index is 1.45. The molecule has 4 nitrogen and oxygen atoms in total. The van der Waals surface area contributed by atoms with E-state index in [0.717, 1.165) is 19.3 Å². The van der Waals surface area contributed by atoms with Gasteiger partial charge in [0.05, 0.1) is 5.92 Å². The van der Waals surface area contributed by atoms with Gasteiger partial charge in [-0.15, -0.1) is 0 Å². The SMILES string of the molecule is O=C(COC(=O)[C@H]1[C@H]2CC[C@@H](C2)[C@H]1C(=O)c1ccccc1)c1ccc(Cl)cc1. The summed E-state index contributed by atoms with van der Waals surface area (Å²) in [7, 11) is 0. The Morgan fingerprint density at radius 3 is 2.18 bits per heavy atom. The van der Waals surface area contributed by atoms with Crippen LogP contribution < -0.4 is 0 Å². The van der Waals surface area contributed by atoms with Gasteiger partial charge in [0.2, 0.25) is 0 Å². The van der Waals surface area contributed by atoms with Gasteiger partial charge in [0.15, 0.2) is 18.2 Å². The highest BCUT2D eigenvalue weighted by Gasteiger charge is 2.54. The largest absolute Gasteiger partial charge is 0.457 e. The molecule has 0 amide bonds. The van der Waals surface area contributed by atoms with Crippen LogP contribution in [0, 0.1) is 23.7 Å². The fourth-order valence-corrected chi connectivity index (χ4v) is 4.88. The van der Waals surface area contributed by atoms with Gasteiger partial charge in [-0.3, -0.25) is 14.4 Å². The van der Waals surface area contributed by atoms with E-state index in [0.29, 0.717) is 16.1 Å². The first kappa shape index (κ1) is 18.9. The molecule has 0 saturated heterocycles. The summed E-state index contributed by atoms with van der Waals surface area (Å²) in [6.07, 6.45) is 2.80. The van der Waals surface area contributed by atoms with E-state index in [4.69, 9.17) is 16.3 Å². The molecule has 2 aromatic carbocycles. The van der Waals surface area contributed by atoms with E-state index in [9.17, 15) is 14.4 Å². The summed E-state index contributed by atoms with van der Waals surface area (Å²) in [5.41, 5.74) is 1.08. The fourth-order valence-electron chi connectivity index (χ4n) is 4.75. The van der Waals surface area contributed by atoms with Crippen molar-refractivity contribution < 1.29 is 19.1 Å². The van der Waals surface area contributed by atoms with Crippen LogP contribution >= 0.6 is 11.6 Å². The second kappa shape index (κ2) is 7.88. The number of Topliss-reactive ketones (excluding diaryl/α,β-unsaturated/α-hetero) is 2. The highest BCUT2D eigenvalue weighted by atomic mass is 35.5.